The first kappa shape index (κ1) is 12.7. The van der Waals surface area contributed by atoms with Crippen LogP contribution in [-0.2, 0) is 11.8 Å². The maximum atomic E-state index is 6.40. The summed E-state index contributed by atoms with van der Waals surface area (Å²) in [6, 6.07) is 2.24. The zero-order valence-electron chi connectivity index (χ0n) is 11.4. The Balaban J connectivity index is 2.12. The van der Waals surface area contributed by atoms with Crippen molar-refractivity contribution in [2.75, 3.05) is 24.7 Å². The van der Waals surface area contributed by atoms with Gasteiger partial charge >= 0.3 is 0 Å². The molecular weight excluding hydrogens is 264 g/mol. The van der Waals surface area contributed by atoms with E-state index in [1.807, 2.05) is 20.0 Å². The molecule has 0 aliphatic carbocycles. The van der Waals surface area contributed by atoms with E-state index in [9.17, 15) is 0 Å². The van der Waals surface area contributed by atoms with Crippen molar-refractivity contribution in [1.82, 2.24) is 14.8 Å². The molecule has 1 aliphatic rings. The van der Waals surface area contributed by atoms with Crippen molar-refractivity contribution in [1.29, 1.82) is 0 Å². The third-order valence-corrected chi connectivity index (χ3v) is 3.87. The predicted octanol–water partition coefficient (Wildman–Crippen LogP) is 2.16. The van der Waals surface area contributed by atoms with Crippen molar-refractivity contribution in [3.8, 4) is 0 Å². The van der Waals surface area contributed by atoms with E-state index >= 15 is 0 Å². The fraction of sp³-hybridized carbons (Fsp3) is 0.538. The summed E-state index contributed by atoms with van der Waals surface area (Å²) in [5, 5.41) is 6.03. The van der Waals surface area contributed by atoms with Crippen LogP contribution in [0.5, 0.6) is 0 Å². The van der Waals surface area contributed by atoms with Gasteiger partial charge in [0.15, 0.2) is 5.65 Å². The summed E-state index contributed by atoms with van der Waals surface area (Å²) in [4.78, 5) is 6.95. The summed E-state index contributed by atoms with van der Waals surface area (Å²) in [5.41, 5.74) is 1.75. The van der Waals surface area contributed by atoms with E-state index in [1.54, 1.807) is 4.68 Å². The van der Waals surface area contributed by atoms with E-state index in [4.69, 9.17) is 21.3 Å². The molecule has 1 fully saturated rings. The van der Waals surface area contributed by atoms with Crippen LogP contribution in [0.15, 0.2) is 6.07 Å². The number of rotatable bonds is 1. The Morgan fingerprint density at radius 2 is 2.26 bits per heavy atom. The molecule has 1 aliphatic heterocycles. The van der Waals surface area contributed by atoms with Gasteiger partial charge in [0.1, 0.15) is 5.82 Å². The van der Waals surface area contributed by atoms with Crippen molar-refractivity contribution in [3.63, 3.8) is 0 Å². The van der Waals surface area contributed by atoms with Crippen molar-refractivity contribution >= 4 is 28.5 Å². The highest BCUT2D eigenvalue weighted by molar-refractivity contribution is 6.35. The van der Waals surface area contributed by atoms with Crippen LogP contribution in [0.4, 0.5) is 5.82 Å². The second-order valence-electron chi connectivity index (χ2n) is 4.99. The largest absolute Gasteiger partial charge is 0.377 e. The molecule has 5 nitrogen and oxygen atoms in total. The molecule has 0 unspecified atom stereocenters. The Kier molecular flexibility index (Phi) is 3.11. The van der Waals surface area contributed by atoms with Gasteiger partial charge in [-0.05, 0) is 13.8 Å². The maximum Gasteiger partial charge on any atom is 0.161 e. The molecule has 19 heavy (non-hydrogen) atoms. The van der Waals surface area contributed by atoms with Gasteiger partial charge in [-0.15, -0.1) is 0 Å². The standard InChI is InChI=1S/C13H17ClN4O/c1-8-7-19-5-4-18(8)11-6-10(14)12-9(2)16-17(3)13(12)15-11/h6,8H,4-5,7H2,1-3H3/t8-/m1/s1. The summed E-state index contributed by atoms with van der Waals surface area (Å²) < 4.78 is 7.24. The lowest BCUT2D eigenvalue weighted by Crippen LogP contribution is -2.44. The summed E-state index contributed by atoms with van der Waals surface area (Å²) in [7, 11) is 1.89. The number of anilines is 1. The van der Waals surface area contributed by atoms with Gasteiger partial charge in [-0.1, -0.05) is 11.6 Å². The molecule has 2 aromatic rings. The average Bonchev–Trinajstić information content (AvgIpc) is 2.65. The van der Waals surface area contributed by atoms with E-state index in [2.05, 4.69) is 16.9 Å². The average molecular weight is 281 g/mol. The van der Waals surface area contributed by atoms with Crippen LogP contribution >= 0.6 is 11.6 Å². The molecule has 3 rings (SSSR count). The number of pyridine rings is 1. The highest BCUT2D eigenvalue weighted by Crippen LogP contribution is 2.30. The quantitative estimate of drug-likeness (QED) is 0.803. The molecule has 0 saturated carbocycles. The topological polar surface area (TPSA) is 43.2 Å². The van der Waals surface area contributed by atoms with Gasteiger partial charge in [-0.3, -0.25) is 4.68 Å². The molecular formula is C13H17ClN4O. The number of nitrogens with zero attached hydrogens (tertiary/aromatic N) is 4. The van der Waals surface area contributed by atoms with Crippen LogP contribution in [-0.4, -0.2) is 40.6 Å². The zero-order chi connectivity index (χ0) is 13.6. The van der Waals surface area contributed by atoms with E-state index in [1.165, 1.54) is 0 Å². The lowest BCUT2D eigenvalue weighted by molar-refractivity contribution is 0.0985. The molecule has 0 amide bonds. The third kappa shape index (κ3) is 2.07. The molecule has 0 spiro atoms. The van der Waals surface area contributed by atoms with Crippen molar-refractivity contribution in [2.45, 2.75) is 19.9 Å². The van der Waals surface area contributed by atoms with Gasteiger partial charge in [-0.25, -0.2) is 4.98 Å². The number of ether oxygens (including phenoxy) is 1. The summed E-state index contributed by atoms with van der Waals surface area (Å²) in [6.07, 6.45) is 0. The molecule has 0 bridgehead atoms. The number of aromatic nitrogens is 3. The van der Waals surface area contributed by atoms with E-state index in [0.717, 1.165) is 42.3 Å². The number of aryl methyl sites for hydroxylation is 2. The Labute approximate surface area is 117 Å². The highest BCUT2D eigenvalue weighted by atomic mass is 35.5. The Morgan fingerprint density at radius 3 is 3.00 bits per heavy atom. The van der Waals surface area contributed by atoms with Crippen LogP contribution < -0.4 is 4.90 Å². The maximum absolute atomic E-state index is 6.40. The summed E-state index contributed by atoms with van der Waals surface area (Å²) in [5.74, 6) is 0.899. The highest BCUT2D eigenvalue weighted by Gasteiger charge is 2.22. The van der Waals surface area contributed by atoms with E-state index in [0.29, 0.717) is 11.1 Å². The summed E-state index contributed by atoms with van der Waals surface area (Å²) >= 11 is 6.40. The minimum atomic E-state index is 0.309. The van der Waals surface area contributed by atoms with Gasteiger partial charge < -0.3 is 9.64 Å². The Morgan fingerprint density at radius 1 is 1.47 bits per heavy atom. The molecule has 6 heteroatoms. The second kappa shape index (κ2) is 4.65. The van der Waals surface area contributed by atoms with E-state index in [-0.39, 0.29) is 0 Å². The lowest BCUT2D eigenvalue weighted by atomic mass is 10.2. The van der Waals surface area contributed by atoms with Gasteiger partial charge in [0.2, 0.25) is 0 Å². The second-order valence-corrected chi connectivity index (χ2v) is 5.39. The van der Waals surface area contributed by atoms with Gasteiger partial charge in [0, 0.05) is 19.7 Å². The number of morpholine rings is 1. The molecule has 0 radical (unpaired) electrons. The monoisotopic (exact) mass is 280 g/mol. The molecule has 1 saturated heterocycles. The van der Waals surface area contributed by atoms with Crippen LogP contribution in [0.1, 0.15) is 12.6 Å². The van der Waals surface area contributed by atoms with Crippen molar-refractivity contribution in [3.05, 3.63) is 16.8 Å². The Hall–Kier alpha value is -1.33. The van der Waals surface area contributed by atoms with Crippen LogP contribution in [0, 0.1) is 6.92 Å². The molecule has 3 heterocycles. The van der Waals surface area contributed by atoms with Gasteiger partial charge in [0.05, 0.1) is 35.4 Å². The third-order valence-electron chi connectivity index (χ3n) is 3.57. The molecule has 1 atom stereocenters. The number of hydrogen-bond donors (Lipinski definition) is 0. The van der Waals surface area contributed by atoms with Crippen molar-refractivity contribution in [2.24, 2.45) is 7.05 Å². The van der Waals surface area contributed by atoms with E-state index < -0.39 is 0 Å². The predicted molar refractivity (Wildman–Crippen MR) is 75.9 cm³/mol. The lowest BCUT2D eigenvalue weighted by Gasteiger charge is -2.34. The minimum absolute atomic E-state index is 0.309. The number of fused-ring (bicyclic) bond motifs is 1. The van der Waals surface area contributed by atoms with Gasteiger partial charge in [-0.2, -0.15) is 5.10 Å². The number of halogens is 1. The van der Waals surface area contributed by atoms with Gasteiger partial charge in [0.25, 0.3) is 0 Å². The first-order chi connectivity index (χ1) is 9.08. The molecule has 102 valence electrons. The fourth-order valence-electron chi connectivity index (χ4n) is 2.59. The first-order valence-electron chi connectivity index (χ1n) is 6.42. The molecule has 2 aromatic heterocycles. The minimum Gasteiger partial charge on any atom is -0.377 e. The zero-order valence-corrected chi connectivity index (χ0v) is 12.1. The fourth-order valence-corrected chi connectivity index (χ4v) is 2.91. The first-order valence-corrected chi connectivity index (χ1v) is 6.80. The van der Waals surface area contributed by atoms with Crippen LogP contribution in [0.25, 0.3) is 11.0 Å². The van der Waals surface area contributed by atoms with Crippen LogP contribution in [0.3, 0.4) is 0 Å². The number of hydrogen-bond acceptors (Lipinski definition) is 4. The SMILES string of the molecule is Cc1nn(C)c2nc(N3CCOC[C@H]3C)cc(Cl)c12. The smallest absolute Gasteiger partial charge is 0.161 e. The van der Waals surface area contributed by atoms with Crippen molar-refractivity contribution < 1.29 is 4.74 Å². The summed E-state index contributed by atoms with van der Waals surface area (Å²) in [6.45, 7) is 6.38. The molecule has 0 aromatic carbocycles. The Bertz CT molecular complexity index is 625. The normalized spacial score (nSPS) is 20.2. The van der Waals surface area contributed by atoms with Crippen LogP contribution in [0.2, 0.25) is 5.02 Å². The molecule has 0 N–H and O–H groups in total.